The average Bonchev–Trinajstić information content (AvgIpc) is 2.97. The fourth-order valence-corrected chi connectivity index (χ4v) is 2.91. The van der Waals surface area contributed by atoms with Gasteiger partial charge in [-0.15, -0.1) is 0 Å². The van der Waals surface area contributed by atoms with E-state index in [0.717, 1.165) is 18.4 Å². The maximum absolute atomic E-state index is 12.2. The molecule has 2 heterocycles. The SMILES string of the molecule is Cc1c(C(=O)OC(C)C)oc2c1/C(=N/NC(=O)c1ccccn1)CCC2. The van der Waals surface area contributed by atoms with Gasteiger partial charge in [-0.1, -0.05) is 6.07 Å². The molecule has 0 fully saturated rings. The number of hydrogen-bond donors (Lipinski definition) is 1. The number of carbonyl (C=O) groups excluding carboxylic acids is 2. The third-order valence-corrected chi connectivity index (χ3v) is 4.04. The van der Waals surface area contributed by atoms with E-state index in [0.29, 0.717) is 23.5 Å². The van der Waals surface area contributed by atoms with Crippen molar-refractivity contribution in [2.45, 2.75) is 46.1 Å². The Hall–Kier alpha value is -2.96. The molecule has 0 bridgehead atoms. The van der Waals surface area contributed by atoms with Crippen LogP contribution in [0.25, 0.3) is 0 Å². The minimum atomic E-state index is -0.483. The quantitative estimate of drug-likeness (QED) is 0.672. The van der Waals surface area contributed by atoms with Gasteiger partial charge >= 0.3 is 5.97 Å². The number of aromatic nitrogens is 1. The number of rotatable bonds is 4. The Morgan fingerprint density at radius 1 is 1.31 bits per heavy atom. The third kappa shape index (κ3) is 3.66. The molecule has 1 amide bonds. The van der Waals surface area contributed by atoms with Crippen molar-refractivity contribution in [2.75, 3.05) is 0 Å². The normalized spacial score (nSPS) is 15.0. The molecule has 7 nitrogen and oxygen atoms in total. The number of carbonyl (C=O) groups is 2. The Morgan fingerprint density at radius 2 is 2.12 bits per heavy atom. The lowest BCUT2D eigenvalue weighted by atomic mass is 9.93. The number of nitrogens with one attached hydrogen (secondary N) is 1. The summed E-state index contributed by atoms with van der Waals surface area (Å²) in [5, 5.41) is 4.26. The maximum Gasteiger partial charge on any atom is 0.374 e. The molecule has 0 aliphatic heterocycles. The predicted octanol–water partition coefficient (Wildman–Crippen LogP) is 3.02. The Labute approximate surface area is 151 Å². The van der Waals surface area contributed by atoms with E-state index in [-0.39, 0.29) is 23.5 Å². The van der Waals surface area contributed by atoms with E-state index in [1.54, 1.807) is 45.2 Å². The lowest BCUT2D eigenvalue weighted by molar-refractivity contribution is 0.0338. The van der Waals surface area contributed by atoms with Crippen molar-refractivity contribution in [3.8, 4) is 0 Å². The van der Waals surface area contributed by atoms with Crippen LogP contribution in [0, 0.1) is 6.92 Å². The molecular formula is C19H21N3O4. The highest BCUT2D eigenvalue weighted by molar-refractivity contribution is 6.06. The van der Waals surface area contributed by atoms with E-state index in [1.165, 1.54) is 0 Å². The summed E-state index contributed by atoms with van der Waals surface area (Å²) in [5.74, 6) is 0.0410. The summed E-state index contributed by atoms with van der Waals surface area (Å²) in [6, 6.07) is 5.09. The van der Waals surface area contributed by atoms with Crippen LogP contribution in [0.15, 0.2) is 33.9 Å². The summed E-state index contributed by atoms with van der Waals surface area (Å²) in [4.78, 5) is 28.4. The van der Waals surface area contributed by atoms with Crippen LogP contribution in [0.2, 0.25) is 0 Å². The van der Waals surface area contributed by atoms with E-state index >= 15 is 0 Å². The van der Waals surface area contributed by atoms with Gasteiger partial charge in [0.1, 0.15) is 11.5 Å². The zero-order chi connectivity index (χ0) is 18.7. The van der Waals surface area contributed by atoms with Crippen molar-refractivity contribution < 1.29 is 18.7 Å². The van der Waals surface area contributed by atoms with Crippen molar-refractivity contribution >= 4 is 17.6 Å². The Morgan fingerprint density at radius 3 is 2.81 bits per heavy atom. The van der Waals surface area contributed by atoms with Crippen molar-refractivity contribution in [3.63, 3.8) is 0 Å². The van der Waals surface area contributed by atoms with Crippen LogP contribution in [0.5, 0.6) is 0 Å². The van der Waals surface area contributed by atoms with E-state index in [9.17, 15) is 9.59 Å². The molecule has 0 radical (unpaired) electrons. The predicted molar refractivity (Wildman–Crippen MR) is 95.2 cm³/mol. The number of nitrogens with zero attached hydrogens (tertiary/aromatic N) is 2. The first kappa shape index (κ1) is 17.8. The van der Waals surface area contributed by atoms with Crippen molar-refractivity contribution in [1.29, 1.82) is 0 Å². The molecule has 7 heteroatoms. The number of furan rings is 1. The number of pyridine rings is 1. The standard InChI is InChI=1S/C19H21N3O4/c1-11(2)25-19(24)17-12(3)16-13(8-6-9-15(16)26-17)21-22-18(23)14-7-4-5-10-20-14/h4-5,7,10-11H,6,8-9H2,1-3H3,(H,22,23)/b21-13+. The van der Waals surface area contributed by atoms with Crippen LogP contribution in [0.3, 0.4) is 0 Å². The highest BCUT2D eigenvalue weighted by Gasteiger charge is 2.29. The molecule has 0 spiro atoms. The number of hydrogen-bond acceptors (Lipinski definition) is 6. The first-order valence-corrected chi connectivity index (χ1v) is 8.59. The maximum atomic E-state index is 12.2. The van der Waals surface area contributed by atoms with Gasteiger partial charge in [-0.05, 0) is 45.7 Å². The summed E-state index contributed by atoms with van der Waals surface area (Å²) in [5.41, 5.74) is 5.00. The summed E-state index contributed by atoms with van der Waals surface area (Å²) >= 11 is 0. The monoisotopic (exact) mass is 355 g/mol. The highest BCUT2D eigenvalue weighted by Crippen LogP contribution is 2.30. The molecule has 26 heavy (non-hydrogen) atoms. The zero-order valence-corrected chi connectivity index (χ0v) is 15.0. The number of esters is 1. The lowest BCUT2D eigenvalue weighted by Crippen LogP contribution is -2.22. The summed E-state index contributed by atoms with van der Waals surface area (Å²) < 4.78 is 11.0. The first-order chi connectivity index (χ1) is 12.5. The minimum Gasteiger partial charge on any atom is -0.457 e. The fraction of sp³-hybridized carbons (Fsp3) is 0.368. The minimum absolute atomic E-state index is 0.203. The van der Waals surface area contributed by atoms with Gasteiger partial charge in [-0.3, -0.25) is 9.78 Å². The van der Waals surface area contributed by atoms with Crippen LogP contribution in [0.4, 0.5) is 0 Å². The van der Waals surface area contributed by atoms with Crippen LogP contribution in [-0.2, 0) is 11.2 Å². The molecule has 1 aliphatic carbocycles. The Bertz CT molecular complexity index is 853. The summed E-state index contributed by atoms with van der Waals surface area (Å²) in [6.45, 7) is 5.38. The van der Waals surface area contributed by atoms with Gasteiger partial charge in [0.2, 0.25) is 5.76 Å². The molecular weight excluding hydrogens is 334 g/mol. The Kier molecular flexibility index (Phi) is 5.16. The topological polar surface area (TPSA) is 93.8 Å². The van der Waals surface area contributed by atoms with Crippen LogP contribution >= 0.6 is 0 Å². The second kappa shape index (κ2) is 7.51. The highest BCUT2D eigenvalue weighted by atomic mass is 16.6. The van der Waals surface area contributed by atoms with Gasteiger partial charge in [0, 0.05) is 23.7 Å². The van der Waals surface area contributed by atoms with Gasteiger partial charge < -0.3 is 9.15 Å². The Balaban J connectivity index is 1.85. The lowest BCUT2D eigenvalue weighted by Gasteiger charge is -2.13. The summed E-state index contributed by atoms with van der Waals surface area (Å²) in [7, 11) is 0. The molecule has 0 saturated carbocycles. The number of fused-ring (bicyclic) bond motifs is 1. The van der Waals surface area contributed by atoms with E-state index in [1.807, 2.05) is 0 Å². The molecule has 3 rings (SSSR count). The largest absolute Gasteiger partial charge is 0.457 e. The first-order valence-electron chi connectivity index (χ1n) is 8.59. The van der Waals surface area contributed by atoms with Gasteiger partial charge in [-0.2, -0.15) is 5.10 Å². The number of hydrazone groups is 1. The number of aryl methyl sites for hydroxylation is 1. The van der Waals surface area contributed by atoms with Crippen LogP contribution in [-0.4, -0.2) is 28.7 Å². The number of amides is 1. The smallest absolute Gasteiger partial charge is 0.374 e. The second-order valence-corrected chi connectivity index (χ2v) is 6.38. The number of ether oxygens (including phenoxy) is 1. The zero-order valence-electron chi connectivity index (χ0n) is 15.0. The molecule has 0 unspecified atom stereocenters. The molecule has 2 aromatic rings. The average molecular weight is 355 g/mol. The molecule has 136 valence electrons. The van der Waals surface area contributed by atoms with Gasteiger partial charge in [0.15, 0.2) is 0 Å². The van der Waals surface area contributed by atoms with Gasteiger partial charge in [-0.25, -0.2) is 10.2 Å². The molecule has 0 atom stereocenters. The van der Waals surface area contributed by atoms with Crippen molar-refractivity contribution in [1.82, 2.24) is 10.4 Å². The van der Waals surface area contributed by atoms with Gasteiger partial charge in [0.05, 0.1) is 11.8 Å². The molecule has 0 saturated heterocycles. The van der Waals surface area contributed by atoms with E-state index in [2.05, 4.69) is 15.5 Å². The van der Waals surface area contributed by atoms with Crippen LogP contribution in [0.1, 0.15) is 64.6 Å². The van der Waals surface area contributed by atoms with Crippen molar-refractivity contribution in [2.24, 2.45) is 5.10 Å². The molecule has 1 aliphatic rings. The third-order valence-electron chi connectivity index (χ3n) is 4.04. The molecule has 0 aromatic carbocycles. The van der Waals surface area contributed by atoms with E-state index < -0.39 is 5.97 Å². The van der Waals surface area contributed by atoms with E-state index in [4.69, 9.17) is 9.15 Å². The molecule has 2 aromatic heterocycles. The summed E-state index contributed by atoms with van der Waals surface area (Å²) in [6.07, 6.45) is 3.56. The van der Waals surface area contributed by atoms with Crippen LogP contribution < -0.4 is 5.43 Å². The molecule has 1 N–H and O–H groups in total. The van der Waals surface area contributed by atoms with Crippen molar-refractivity contribution in [3.05, 3.63) is 52.7 Å². The second-order valence-electron chi connectivity index (χ2n) is 6.38. The fourth-order valence-electron chi connectivity index (χ4n) is 2.91. The van der Waals surface area contributed by atoms with Gasteiger partial charge in [0.25, 0.3) is 5.91 Å².